The molecule has 3 heterocycles. The molecule has 5 nitrogen and oxygen atoms in total. The second kappa shape index (κ2) is 9.74. The fourth-order valence-electron chi connectivity index (χ4n) is 5.86. The quantitative estimate of drug-likeness (QED) is 0.590. The van der Waals surface area contributed by atoms with Gasteiger partial charge in [0.2, 0.25) is 0 Å². The van der Waals surface area contributed by atoms with Crippen molar-refractivity contribution in [2.45, 2.75) is 82.5 Å². The fraction of sp³-hybridized carbons (Fsp3) is 0.720. The Hall–Kier alpha value is -1.21. The van der Waals surface area contributed by atoms with Crippen molar-refractivity contribution in [1.82, 2.24) is 9.88 Å². The lowest BCUT2D eigenvalue weighted by molar-refractivity contribution is -0.000921. The first-order valence-electron chi connectivity index (χ1n) is 12.2. The molecule has 0 aromatic carbocycles. The van der Waals surface area contributed by atoms with Crippen LogP contribution in [-0.2, 0) is 15.9 Å². The van der Waals surface area contributed by atoms with E-state index >= 15 is 0 Å². The maximum atomic E-state index is 6.69. The number of thiophene rings is 1. The third-order valence-corrected chi connectivity index (χ3v) is 8.80. The second-order valence-electron chi connectivity index (χ2n) is 9.36. The normalized spacial score (nSPS) is 28.0. The van der Waals surface area contributed by atoms with Gasteiger partial charge in [0.25, 0.3) is 0 Å². The lowest BCUT2D eigenvalue weighted by Gasteiger charge is -2.38. The maximum absolute atomic E-state index is 6.69. The van der Waals surface area contributed by atoms with E-state index in [9.17, 15) is 0 Å². The molecule has 0 radical (unpaired) electrons. The van der Waals surface area contributed by atoms with Crippen LogP contribution >= 0.6 is 11.3 Å². The molecule has 1 saturated carbocycles. The predicted molar refractivity (Wildman–Crippen MR) is 125 cm³/mol. The van der Waals surface area contributed by atoms with Gasteiger partial charge in [-0.25, -0.2) is 4.98 Å². The van der Waals surface area contributed by atoms with Crippen molar-refractivity contribution in [3.05, 3.63) is 22.7 Å². The molecule has 0 N–H and O–H groups in total. The van der Waals surface area contributed by atoms with E-state index in [4.69, 9.17) is 19.2 Å². The Kier molecular flexibility index (Phi) is 6.79. The Morgan fingerprint density at radius 2 is 2.00 bits per heavy atom. The minimum atomic E-state index is 0.320. The third kappa shape index (κ3) is 4.50. The molecule has 5 rings (SSSR count). The Bertz CT molecular complexity index is 867. The molecule has 2 aliphatic carbocycles. The third-order valence-electron chi connectivity index (χ3n) is 7.63. The number of fused-ring (bicyclic) bond motifs is 3. The highest BCUT2D eigenvalue weighted by Gasteiger charge is 2.32. The van der Waals surface area contributed by atoms with E-state index in [1.54, 1.807) is 0 Å². The number of ether oxygens (including phenoxy) is 3. The van der Waals surface area contributed by atoms with Crippen LogP contribution in [0, 0.1) is 0 Å². The predicted octanol–water partition coefficient (Wildman–Crippen LogP) is 5.16. The molecule has 0 spiro atoms. The van der Waals surface area contributed by atoms with Gasteiger partial charge in [-0.05, 0) is 68.9 Å². The number of methoxy groups -OCH3 is 1. The van der Waals surface area contributed by atoms with Gasteiger partial charge in [-0.2, -0.15) is 0 Å². The van der Waals surface area contributed by atoms with Gasteiger partial charge in [0.15, 0.2) is 0 Å². The molecule has 1 aliphatic heterocycles. The first-order valence-corrected chi connectivity index (χ1v) is 13.0. The Labute approximate surface area is 190 Å². The molecule has 3 aliphatic rings. The summed E-state index contributed by atoms with van der Waals surface area (Å²) in [5.74, 6) is 1.63. The van der Waals surface area contributed by atoms with Crippen molar-refractivity contribution >= 4 is 21.6 Å². The molecule has 0 amide bonds. The Morgan fingerprint density at radius 3 is 2.74 bits per heavy atom. The number of aromatic nitrogens is 1. The number of morpholine rings is 1. The number of hydrogen-bond acceptors (Lipinski definition) is 6. The second-order valence-corrected chi connectivity index (χ2v) is 10.4. The van der Waals surface area contributed by atoms with Crippen molar-refractivity contribution in [3.8, 4) is 5.75 Å². The van der Waals surface area contributed by atoms with Gasteiger partial charge in [0, 0.05) is 37.3 Å². The minimum absolute atomic E-state index is 0.320. The van der Waals surface area contributed by atoms with Crippen LogP contribution in [0.2, 0.25) is 0 Å². The summed E-state index contributed by atoms with van der Waals surface area (Å²) >= 11 is 1.88. The van der Waals surface area contributed by atoms with E-state index in [-0.39, 0.29) is 0 Å². The Balaban J connectivity index is 1.31. The zero-order chi connectivity index (χ0) is 21.2. The number of aryl methyl sites for hydroxylation is 1. The molecule has 2 aromatic heterocycles. The summed E-state index contributed by atoms with van der Waals surface area (Å²) in [6.45, 7) is 6.17. The van der Waals surface area contributed by atoms with Crippen LogP contribution in [-0.4, -0.2) is 61.5 Å². The zero-order valence-corrected chi connectivity index (χ0v) is 19.8. The van der Waals surface area contributed by atoms with Gasteiger partial charge in [-0.3, -0.25) is 4.90 Å². The number of rotatable bonds is 7. The molecule has 2 atom stereocenters. The molecule has 31 heavy (non-hydrogen) atoms. The topological polar surface area (TPSA) is 43.8 Å². The average molecular weight is 445 g/mol. The summed E-state index contributed by atoms with van der Waals surface area (Å²) in [7, 11) is 1.85. The number of nitrogens with zero attached hydrogens (tertiary/aromatic N) is 2. The summed E-state index contributed by atoms with van der Waals surface area (Å²) < 4.78 is 17.9. The molecule has 1 saturated heterocycles. The van der Waals surface area contributed by atoms with Crippen molar-refractivity contribution in [1.29, 1.82) is 0 Å². The average Bonchev–Trinajstić information content (AvgIpc) is 3.38. The summed E-state index contributed by atoms with van der Waals surface area (Å²) in [5.41, 5.74) is 1.51. The van der Waals surface area contributed by atoms with Gasteiger partial charge >= 0.3 is 0 Å². The lowest BCUT2D eigenvalue weighted by Crippen LogP contribution is -2.46. The van der Waals surface area contributed by atoms with E-state index < -0.39 is 0 Å². The monoisotopic (exact) mass is 444 g/mol. The summed E-state index contributed by atoms with van der Waals surface area (Å²) in [6.07, 6.45) is 11.9. The van der Waals surface area contributed by atoms with Crippen molar-refractivity contribution in [3.63, 3.8) is 0 Å². The highest BCUT2D eigenvalue weighted by molar-refractivity contribution is 7.19. The van der Waals surface area contributed by atoms with E-state index in [1.165, 1.54) is 41.5 Å². The molecule has 2 fully saturated rings. The minimum Gasteiger partial charge on any atom is -0.490 e. The molecular weight excluding hydrogens is 408 g/mol. The van der Waals surface area contributed by atoms with Crippen LogP contribution in [0.3, 0.4) is 0 Å². The van der Waals surface area contributed by atoms with Crippen LogP contribution in [0.25, 0.3) is 10.2 Å². The number of hydrogen-bond donors (Lipinski definition) is 0. The molecule has 0 unspecified atom stereocenters. The van der Waals surface area contributed by atoms with E-state index in [0.29, 0.717) is 24.2 Å². The van der Waals surface area contributed by atoms with Crippen molar-refractivity contribution < 1.29 is 14.2 Å². The molecule has 0 bridgehead atoms. The van der Waals surface area contributed by atoms with Gasteiger partial charge in [0.05, 0.1) is 30.8 Å². The molecule has 170 valence electrons. The van der Waals surface area contributed by atoms with Crippen LogP contribution in [0.4, 0.5) is 0 Å². The first-order chi connectivity index (χ1) is 15.3. The van der Waals surface area contributed by atoms with Crippen LogP contribution in [0.1, 0.15) is 68.2 Å². The Morgan fingerprint density at radius 1 is 1.19 bits per heavy atom. The molecular formula is C25H36N2O3S. The first kappa shape index (κ1) is 21.6. The smallest absolute Gasteiger partial charge is 0.131 e. The lowest BCUT2D eigenvalue weighted by atomic mass is 9.91. The van der Waals surface area contributed by atoms with E-state index in [1.807, 2.05) is 24.6 Å². The standard InChI is InChI=1S/C25H36N2O3S/c1-3-19(28-2)16-17-4-9-22-23(17)24-21(10-11-26-25(24)31-22)30-20-7-5-18(6-8-20)27-12-14-29-15-13-27/h10-11,17-20H,3-9,12-16H2,1-2H3/t17-,18-,19-,20-/m1/s1. The van der Waals surface area contributed by atoms with E-state index in [0.717, 1.165) is 62.6 Å². The fourth-order valence-corrected chi connectivity index (χ4v) is 7.12. The van der Waals surface area contributed by atoms with Crippen molar-refractivity contribution in [2.75, 3.05) is 33.4 Å². The summed E-state index contributed by atoms with van der Waals surface area (Å²) in [4.78, 5) is 10.0. The maximum Gasteiger partial charge on any atom is 0.131 e. The highest BCUT2D eigenvalue weighted by Crippen LogP contribution is 2.48. The van der Waals surface area contributed by atoms with Gasteiger partial charge < -0.3 is 14.2 Å². The largest absolute Gasteiger partial charge is 0.490 e. The summed E-state index contributed by atoms with van der Waals surface area (Å²) in [6, 6.07) is 2.81. The molecule has 2 aromatic rings. The van der Waals surface area contributed by atoms with Crippen LogP contribution in [0.15, 0.2) is 12.3 Å². The van der Waals surface area contributed by atoms with Crippen LogP contribution < -0.4 is 4.74 Å². The van der Waals surface area contributed by atoms with Gasteiger partial charge in [0.1, 0.15) is 10.6 Å². The molecule has 6 heteroatoms. The van der Waals surface area contributed by atoms with Crippen molar-refractivity contribution in [2.24, 2.45) is 0 Å². The van der Waals surface area contributed by atoms with Gasteiger partial charge in [-0.1, -0.05) is 6.92 Å². The number of pyridine rings is 1. The SMILES string of the molecule is CC[C@H](C[C@H]1CCc2sc3nccc(O[C@H]4CC[C@H](N5CCOCC5)CC4)c3c21)OC. The summed E-state index contributed by atoms with van der Waals surface area (Å²) in [5, 5.41) is 1.30. The van der Waals surface area contributed by atoms with Crippen LogP contribution in [0.5, 0.6) is 5.75 Å². The zero-order valence-electron chi connectivity index (χ0n) is 19.0. The van der Waals surface area contributed by atoms with E-state index in [2.05, 4.69) is 17.9 Å². The van der Waals surface area contributed by atoms with Gasteiger partial charge in [-0.15, -0.1) is 11.3 Å². The highest BCUT2D eigenvalue weighted by atomic mass is 32.1.